The van der Waals surface area contributed by atoms with Crippen LogP contribution in [0.15, 0.2) is 51.4 Å². The van der Waals surface area contributed by atoms with Crippen LogP contribution < -0.4 is 5.32 Å². The van der Waals surface area contributed by atoms with E-state index in [4.69, 9.17) is 11.6 Å². The molecule has 3 rings (SSSR count). The second-order valence-corrected chi connectivity index (χ2v) is 7.37. The molecule has 2 aromatic carbocycles. The Morgan fingerprint density at radius 3 is 2.35 bits per heavy atom. The van der Waals surface area contributed by atoms with E-state index in [1.807, 2.05) is 18.2 Å². The van der Waals surface area contributed by atoms with Crippen LogP contribution in [0.1, 0.15) is 24.3 Å². The maximum absolute atomic E-state index is 6.00. The largest absolute Gasteiger partial charge is 0.382 e. The van der Waals surface area contributed by atoms with E-state index in [1.54, 1.807) is 0 Å². The van der Waals surface area contributed by atoms with Gasteiger partial charge in [0.25, 0.3) is 0 Å². The number of benzene rings is 2. The van der Waals surface area contributed by atoms with Gasteiger partial charge in [0, 0.05) is 20.7 Å². The molecule has 0 heterocycles. The third kappa shape index (κ3) is 3.21. The summed E-state index contributed by atoms with van der Waals surface area (Å²) in [6.45, 7) is 0. The molecule has 1 N–H and O–H groups in total. The summed E-state index contributed by atoms with van der Waals surface area (Å²) in [5, 5.41) is 4.31. The highest BCUT2D eigenvalue weighted by Gasteiger charge is 2.30. The molecular weight excluding hydrogens is 401 g/mol. The lowest BCUT2D eigenvalue weighted by Gasteiger charge is -2.37. The van der Waals surface area contributed by atoms with Crippen molar-refractivity contribution in [1.82, 2.24) is 0 Å². The van der Waals surface area contributed by atoms with Crippen molar-refractivity contribution in [3.8, 4) is 0 Å². The maximum Gasteiger partial charge on any atom is 0.0549 e. The van der Waals surface area contributed by atoms with Crippen LogP contribution in [-0.4, -0.2) is 6.04 Å². The Kier molecular flexibility index (Phi) is 4.39. The Labute approximate surface area is 141 Å². The van der Waals surface area contributed by atoms with E-state index in [0.717, 1.165) is 19.7 Å². The summed E-state index contributed by atoms with van der Waals surface area (Å²) in [5.74, 6) is 0.677. The van der Waals surface area contributed by atoms with E-state index in [1.165, 1.54) is 18.4 Å². The first-order valence-corrected chi connectivity index (χ1v) is 8.55. The number of hydrogen-bond acceptors (Lipinski definition) is 1. The zero-order valence-corrected chi connectivity index (χ0v) is 14.7. The van der Waals surface area contributed by atoms with Gasteiger partial charge in [-0.3, -0.25) is 0 Å². The molecule has 1 fully saturated rings. The highest BCUT2D eigenvalue weighted by Crippen LogP contribution is 2.39. The third-order valence-corrected chi connectivity index (χ3v) is 5.51. The van der Waals surface area contributed by atoms with Crippen LogP contribution >= 0.6 is 43.5 Å². The summed E-state index contributed by atoms with van der Waals surface area (Å²) in [4.78, 5) is 0. The molecule has 0 radical (unpaired) electrons. The zero-order valence-electron chi connectivity index (χ0n) is 10.7. The maximum atomic E-state index is 6.00. The van der Waals surface area contributed by atoms with Gasteiger partial charge >= 0.3 is 0 Å². The summed E-state index contributed by atoms with van der Waals surface area (Å²) in [6, 6.07) is 15.2. The molecule has 1 aliphatic carbocycles. The predicted molar refractivity (Wildman–Crippen MR) is 92.7 cm³/mol. The van der Waals surface area contributed by atoms with Crippen LogP contribution in [0.25, 0.3) is 0 Å². The molecule has 0 bridgehead atoms. The summed E-state index contributed by atoms with van der Waals surface area (Å²) >= 11 is 12.9. The van der Waals surface area contributed by atoms with E-state index < -0.39 is 0 Å². The van der Waals surface area contributed by atoms with Gasteiger partial charge in [-0.1, -0.05) is 39.7 Å². The van der Waals surface area contributed by atoms with Crippen molar-refractivity contribution >= 4 is 49.1 Å². The molecule has 2 aromatic rings. The Morgan fingerprint density at radius 2 is 1.70 bits per heavy atom. The van der Waals surface area contributed by atoms with E-state index >= 15 is 0 Å². The fourth-order valence-corrected chi connectivity index (χ4v) is 3.33. The number of hydrogen-bond donors (Lipinski definition) is 1. The quantitative estimate of drug-likeness (QED) is 0.627. The normalized spacial score (nSPS) is 21.4. The Bertz CT molecular complexity index is 606. The average molecular weight is 416 g/mol. The molecule has 0 amide bonds. The lowest BCUT2D eigenvalue weighted by atomic mass is 9.76. The van der Waals surface area contributed by atoms with Crippen molar-refractivity contribution in [2.45, 2.75) is 24.8 Å². The summed E-state index contributed by atoms with van der Waals surface area (Å²) in [7, 11) is 0. The van der Waals surface area contributed by atoms with E-state index in [2.05, 4.69) is 61.4 Å². The van der Waals surface area contributed by atoms with E-state index in [0.29, 0.717) is 12.0 Å². The second-order valence-electron chi connectivity index (χ2n) is 5.19. The summed E-state index contributed by atoms with van der Waals surface area (Å²) in [5.41, 5.74) is 2.56. The lowest BCUT2D eigenvalue weighted by Crippen LogP contribution is -2.33. The number of nitrogens with one attached hydrogen (secondary N) is 1. The molecule has 1 aliphatic rings. The SMILES string of the molecule is Clc1ccc(NC2CC(c3ccc(Br)cc3)C2)cc1Br. The first-order chi connectivity index (χ1) is 9.61. The summed E-state index contributed by atoms with van der Waals surface area (Å²) < 4.78 is 2.08. The van der Waals surface area contributed by atoms with Crippen molar-refractivity contribution in [3.05, 3.63) is 62.0 Å². The zero-order chi connectivity index (χ0) is 14.1. The van der Waals surface area contributed by atoms with Crippen molar-refractivity contribution in [2.24, 2.45) is 0 Å². The molecule has 0 atom stereocenters. The van der Waals surface area contributed by atoms with Gasteiger partial charge in [-0.15, -0.1) is 0 Å². The third-order valence-electron chi connectivity index (χ3n) is 3.77. The van der Waals surface area contributed by atoms with Crippen LogP contribution in [-0.2, 0) is 0 Å². The molecule has 0 aliphatic heterocycles. The monoisotopic (exact) mass is 413 g/mol. The highest BCUT2D eigenvalue weighted by atomic mass is 79.9. The minimum Gasteiger partial charge on any atom is -0.382 e. The standard InChI is InChI=1S/C16H14Br2ClN/c17-12-3-1-10(2-4-12)11-7-14(8-11)20-13-5-6-16(19)15(18)9-13/h1-6,9,11,14,20H,7-8H2. The van der Waals surface area contributed by atoms with Gasteiger partial charge in [0.2, 0.25) is 0 Å². The van der Waals surface area contributed by atoms with Crippen molar-refractivity contribution < 1.29 is 0 Å². The Hall–Kier alpha value is -0.510. The number of rotatable bonds is 3. The van der Waals surface area contributed by atoms with Gasteiger partial charge in [0.05, 0.1) is 5.02 Å². The smallest absolute Gasteiger partial charge is 0.0549 e. The molecule has 0 aromatic heterocycles. The van der Waals surface area contributed by atoms with Crippen molar-refractivity contribution in [1.29, 1.82) is 0 Å². The Morgan fingerprint density at radius 1 is 1.00 bits per heavy atom. The molecule has 0 saturated heterocycles. The van der Waals surface area contributed by atoms with E-state index in [9.17, 15) is 0 Å². The molecular formula is C16H14Br2ClN. The number of anilines is 1. The van der Waals surface area contributed by atoms with Crippen molar-refractivity contribution in [2.75, 3.05) is 5.32 Å². The van der Waals surface area contributed by atoms with Gasteiger partial charge in [-0.05, 0) is 70.6 Å². The topological polar surface area (TPSA) is 12.0 Å². The fraction of sp³-hybridized carbons (Fsp3) is 0.250. The molecule has 0 unspecified atom stereocenters. The fourth-order valence-electron chi connectivity index (χ4n) is 2.56. The van der Waals surface area contributed by atoms with Crippen LogP contribution in [0.4, 0.5) is 5.69 Å². The average Bonchev–Trinajstić information content (AvgIpc) is 2.39. The van der Waals surface area contributed by atoms with Crippen LogP contribution in [0.3, 0.4) is 0 Å². The first-order valence-electron chi connectivity index (χ1n) is 6.59. The molecule has 1 saturated carbocycles. The van der Waals surface area contributed by atoms with Gasteiger partial charge in [-0.2, -0.15) is 0 Å². The van der Waals surface area contributed by atoms with Crippen LogP contribution in [0.2, 0.25) is 5.02 Å². The van der Waals surface area contributed by atoms with Gasteiger partial charge in [-0.25, -0.2) is 0 Å². The highest BCUT2D eigenvalue weighted by molar-refractivity contribution is 9.10. The molecule has 20 heavy (non-hydrogen) atoms. The van der Waals surface area contributed by atoms with Gasteiger partial charge in [0.15, 0.2) is 0 Å². The molecule has 4 heteroatoms. The molecule has 1 nitrogen and oxygen atoms in total. The molecule has 0 spiro atoms. The van der Waals surface area contributed by atoms with Gasteiger partial charge < -0.3 is 5.32 Å². The second kappa shape index (κ2) is 6.08. The van der Waals surface area contributed by atoms with Crippen LogP contribution in [0.5, 0.6) is 0 Å². The minimum atomic E-state index is 0.553. The Balaban J connectivity index is 1.58. The lowest BCUT2D eigenvalue weighted by molar-refractivity contribution is 0.374. The first kappa shape index (κ1) is 14.4. The number of halogens is 3. The predicted octanol–water partition coefficient (Wildman–Crippen LogP) is 6.22. The molecule has 104 valence electrons. The van der Waals surface area contributed by atoms with E-state index in [-0.39, 0.29) is 0 Å². The van der Waals surface area contributed by atoms with Crippen LogP contribution in [0, 0.1) is 0 Å². The minimum absolute atomic E-state index is 0.553. The van der Waals surface area contributed by atoms with Crippen molar-refractivity contribution in [3.63, 3.8) is 0 Å². The van der Waals surface area contributed by atoms with Gasteiger partial charge in [0.1, 0.15) is 0 Å². The summed E-state index contributed by atoms with van der Waals surface area (Å²) in [6.07, 6.45) is 2.36.